The highest BCUT2D eigenvalue weighted by atomic mass is 32.2. The Morgan fingerprint density at radius 3 is 2.52 bits per heavy atom. The highest BCUT2D eigenvalue weighted by Gasteiger charge is 2.06. The average Bonchev–Trinajstić information content (AvgIpc) is 2.45. The standard InChI is InChI=1S/C16H19N3OS/c1-4-13-5-7-14(8-6-13)19-15(20)10-21-16-9-11(2)17-12(3)18-16/h5-9H,4,10H2,1-3H3,(H,19,20). The van der Waals surface area contributed by atoms with Crippen molar-refractivity contribution in [2.75, 3.05) is 11.1 Å². The number of carbonyl (C=O) groups is 1. The number of nitrogens with one attached hydrogen (secondary N) is 1. The van der Waals surface area contributed by atoms with Crippen molar-refractivity contribution < 1.29 is 4.79 Å². The maximum Gasteiger partial charge on any atom is 0.234 e. The number of thioether (sulfide) groups is 1. The van der Waals surface area contributed by atoms with Crippen LogP contribution in [0.5, 0.6) is 0 Å². The van der Waals surface area contributed by atoms with Crippen LogP contribution in [0.2, 0.25) is 0 Å². The second kappa shape index (κ2) is 7.22. The summed E-state index contributed by atoms with van der Waals surface area (Å²) in [6, 6.07) is 9.81. The molecule has 1 heterocycles. The number of carbonyl (C=O) groups excluding carboxylic acids is 1. The first-order valence-electron chi connectivity index (χ1n) is 6.90. The molecule has 2 rings (SSSR count). The number of aryl methyl sites for hydroxylation is 3. The second-order valence-electron chi connectivity index (χ2n) is 4.78. The first kappa shape index (κ1) is 15.5. The Balaban J connectivity index is 1.89. The van der Waals surface area contributed by atoms with Gasteiger partial charge in [0, 0.05) is 11.4 Å². The molecule has 0 spiro atoms. The highest BCUT2D eigenvalue weighted by molar-refractivity contribution is 7.99. The number of amides is 1. The molecular formula is C16H19N3OS. The van der Waals surface area contributed by atoms with Gasteiger partial charge in [-0.2, -0.15) is 0 Å². The van der Waals surface area contributed by atoms with Crippen LogP contribution in [0.3, 0.4) is 0 Å². The molecule has 1 aromatic carbocycles. The van der Waals surface area contributed by atoms with Gasteiger partial charge in [0.15, 0.2) is 0 Å². The summed E-state index contributed by atoms with van der Waals surface area (Å²) in [7, 11) is 0. The van der Waals surface area contributed by atoms with Crippen LogP contribution in [-0.4, -0.2) is 21.6 Å². The molecule has 0 aliphatic carbocycles. The lowest BCUT2D eigenvalue weighted by Crippen LogP contribution is -2.14. The molecule has 21 heavy (non-hydrogen) atoms. The van der Waals surface area contributed by atoms with Gasteiger partial charge in [-0.3, -0.25) is 4.79 Å². The van der Waals surface area contributed by atoms with E-state index in [1.54, 1.807) is 0 Å². The van der Waals surface area contributed by atoms with Crippen LogP contribution in [0, 0.1) is 13.8 Å². The Morgan fingerprint density at radius 2 is 1.90 bits per heavy atom. The summed E-state index contributed by atoms with van der Waals surface area (Å²) in [5, 5.41) is 3.72. The van der Waals surface area contributed by atoms with E-state index < -0.39 is 0 Å². The third kappa shape index (κ3) is 4.86. The van der Waals surface area contributed by atoms with Gasteiger partial charge in [0.2, 0.25) is 5.91 Å². The minimum atomic E-state index is -0.0295. The van der Waals surface area contributed by atoms with Crippen molar-refractivity contribution in [3.8, 4) is 0 Å². The van der Waals surface area contributed by atoms with Crippen LogP contribution in [-0.2, 0) is 11.2 Å². The SMILES string of the molecule is CCc1ccc(NC(=O)CSc2cc(C)nc(C)n2)cc1. The molecule has 0 aliphatic rings. The van der Waals surface area contributed by atoms with E-state index in [1.807, 2.05) is 44.2 Å². The number of nitrogens with zero attached hydrogens (tertiary/aromatic N) is 2. The van der Waals surface area contributed by atoms with E-state index in [9.17, 15) is 4.79 Å². The monoisotopic (exact) mass is 301 g/mol. The predicted molar refractivity (Wildman–Crippen MR) is 86.7 cm³/mol. The first-order valence-corrected chi connectivity index (χ1v) is 7.89. The number of rotatable bonds is 5. The van der Waals surface area contributed by atoms with Gasteiger partial charge in [-0.25, -0.2) is 9.97 Å². The maximum atomic E-state index is 11.9. The van der Waals surface area contributed by atoms with Crippen molar-refractivity contribution >= 4 is 23.4 Å². The zero-order chi connectivity index (χ0) is 15.2. The Bertz CT molecular complexity index is 606. The molecule has 0 atom stereocenters. The molecule has 0 saturated heterocycles. The normalized spacial score (nSPS) is 10.4. The van der Waals surface area contributed by atoms with E-state index in [2.05, 4.69) is 22.2 Å². The Kier molecular flexibility index (Phi) is 5.33. The van der Waals surface area contributed by atoms with Crippen molar-refractivity contribution in [2.24, 2.45) is 0 Å². The Hall–Kier alpha value is -1.88. The third-order valence-corrected chi connectivity index (χ3v) is 3.85. The molecule has 1 N–H and O–H groups in total. The van der Waals surface area contributed by atoms with E-state index >= 15 is 0 Å². The summed E-state index contributed by atoms with van der Waals surface area (Å²) < 4.78 is 0. The average molecular weight is 301 g/mol. The maximum absolute atomic E-state index is 11.9. The molecule has 110 valence electrons. The molecule has 0 unspecified atom stereocenters. The Labute approximate surface area is 129 Å². The molecule has 0 fully saturated rings. The number of hydrogen-bond acceptors (Lipinski definition) is 4. The van der Waals surface area contributed by atoms with Gasteiger partial charge in [0.1, 0.15) is 10.9 Å². The first-order chi connectivity index (χ1) is 10.1. The number of hydrogen-bond donors (Lipinski definition) is 1. The summed E-state index contributed by atoms with van der Waals surface area (Å²) in [4.78, 5) is 20.5. The lowest BCUT2D eigenvalue weighted by Gasteiger charge is -2.06. The van der Waals surface area contributed by atoms with Crippen LogP contribution < -0.4 is 5.32 Å². The minimum Gasteiger partial charge on any atom is -0.325 e. The van der Waals surface area contributed by atoms with Gasteiger partial charge >= 0.3 is 0 Å². The van der Waals surface area contributed by atoms with Crippen molar-refractivity contribution in [3.63, 3.8) is 0 Å². The fourth-order valence-electron chi connectivity index (χ4n) is 1.92. The largest absolute Gasteiger partial charge is 0.325 e. The molecule has 0 bridgehead atoms. The molecule has 1 aromatic heterocycles. The van der Waals surface area contributed by atoms with Crippen molar-refractivity contribution in [1.29, 1.82) is 0 Å². The van der Waals surface area contributed by atoms with Crippen LogP contribution >= 0.6 is 11.8 Å². The molecule has 2 aromatic rings. The van der Waals surface area contributed by atoms with Gasteiger partial charge in [-0.1, -0.05) is 30.8 Å². The number of anilines is 1. The van der Waals surface area contributed by atoms with E-state index in [0.29, 0.717) is 5.75 Å². The van der Waals surface area contributed by atoms with Gasteiger partial charge in [-0.05, 0) is 44.0 Å². The van der Waals surface area contributed by atoms with Crippen LogP contribution in [0.25, 0.3) is 0 Å². The number of aromatic nitrogens is 2. The summed E-state index contributed by atoms with van der Waals surface area (Å²) in [5.74, 6) is 1.04. The van der Waals surface area contributed by atoms with Crippen molar-refractivity contribution in [2.45, 2.75) is 32.2 Å². The van der Waals surface area contributed by atoms with Crippen molar-refractivity contribution in [1.82, 2.24) is 9.97 Å². The molecule has 0 saturated carbocycles. The van der Waals surface area contributed by atoms with Crippen LogP contribution in [0.15, 0.2) is 35.4 Å². The molecule has 5 heteroatoms. The lowest BCUT2D eigenvalue weighted by molar-refractivity contribution is -0.113. The van der Waals surface area contributed by atoms with Gasteiger partial charge in [0.05, 0.1) is 5.75 Å². The fourth-order valence-corrected chi connectivity index (χ4v) is 2.72. The second-order valence-corrected chi connectivity index (χ2v) is 5.78. The van der Waals surface area contributed by atoms with E-state index in [1.165, 1.54) is 17.3 Å². The van der Waals surface area contributed by atoms with E-state index in [-0.39, 0.29) is 5.91 Å². The van der Waals surface area contributed by atoms with Crippen molar-refractivity contribution in [3.05, 3.63) is 47.4 Å². The predicted octanol–water partition coefficient (Wildman–Crippen LogP) is 3.39. The summed E-state index contributed by atoms with van der Waals surface area (Å²) in [5.41, 5.74) is 3.00. The third-order valence-electron chi connectivity index (χ3n) is 2.94. The van der Waals surface area contributed by atoms with Crippen LogP contribution in [0.4, 0.5) is 5.69 Å². The molecule has 0 aliphatic heterocycles. The van der Waals surface area contributed by atoms with Crippen LogP contribution in [0.1, 0.15) is 24.0 Å². The van der Waals surface area contributed by atoms with E-state index in [4.69, 9.17) is 0 Å². The lowest BCUT2D eigenvalue weighted by atomic mass is 10.1. The molecule has 1 amide bonds. The Morgan fingerprint density at radius 1 is 1.19 bits per heavy atom. The zero-order valence-corrected chi connectivity index (χ0v) is 13.3. The topological polar surface area (TPSA) is 54.9 Å². The molecule has 4 nitrogen and oxygen atoms in total. The fraction of sp³-hybridized carbons (Fsp3) is 0.312. The summed E-state index contributed by atoms with van der Waals surface area (Å²) in [6.45, 7) is 5.89. The number of benzene rings is 1. The van der Waals surface area contributed by atoms with Gasteiger partial charge < -0.3 is 5.32 Å². The van der Waals surface area contributed by atoms with Gasteiger partial charge in [0.25, 0.3) is 0 Å². The van der Waals surface area contributed by atoms with E-state index in [0.717, 1.165) is 28.7 Å². The molecule has 0 radical (unpaired) electrons. The zero-order valence-electron chi connectivity index (χ0n) is 12.5. The summed E-state index contributed by atoms with van der Waals surface area (Å²) in [6.07, 6.45) is 0.997. The minimum absolute atomic E-state index is 0.0295. The van der Waals surface area contributed by atoms with Gasteiger partial charge in [-0.15, -0.1) is 0 Å². The summed E-state index contributed by atoms with van der Waals surface area (Å²) >= 11 is 1.42. The smallest absolute Gasteiger partial charge is 0.234 e. The highest BCUT2D eigenvalue weighted by Crippen LogP contribution is 2.17. The molecular weight excluding hydrogens is 282 g/mol. The quantitative estimate of drug-likeness (QED) is 0.679.